The molecule has 0 saturated carbocycles. The molecule has 1 aromatic rings. The Morgan fingerprint density at radius 2 is 1.10 bits per heavy atom. The molecule has 1 aliphatic rings. The molecule has 0 aliphatic carbocycles. The molecule has 1 fully saturated rings. The number of nitrogens with one attached hydrogen (secondary N) is 8. The van der Waals surface area contributed by atoms with Crippen LogP contribution in [0.5, 0.6) is 0 Å². The van der Waals surface area contributed by atoms with Gasteiger partial charge in [0.25, 0.3) is 0 Å². The zero-order valence-corrected chi connectivity index (χ0v) is 45.7. The second-order valence-electron chi connectivity index (χ2n) is 20.0. The van der Waals surface area contributed by atoms with E-state index in [1.165, 1.54) is 4.90 Å². The number of aliphatic imine (C=N–C) groups is 2. The van der Waals surface area contributed by atoms with E-state index in [4.69, 9.17) is 28.7 Å². The van der Waals surface area contributed by atoms with Crippen LogP contribution in [0.3, 0.4) is 0 Å². The van der Waals surface area contributed by atoms with E-state index in [2.05, 4.69) is 52.5 Å². The highest BCUT2D eigenvalue weighted by atomic mass is 16.4. The minimum absolute atomic E-state index is 0.00554. The van der Waals surface area contributed by atoms with Gasteiger partial charge in [-0.2, -0.15) is 0 Å². The van der Waals surface area contributed by atoms with E-state index in [0.29, 0.717) is 5.56 Å². The van der Waals surface area contributed by atoms with E-state index in [9.17, 15) is 68.1 Å². The molecular formula is C50H82N16O14. The number of rotatable bonds is 36. The van der Waals surface area contributed by atoms with Gasteiger partial charge < -0.3 is 91.4 Å². The number of hydrogen-bond donors (Lipinski definition) is 16. The smallest absolute Gasteiger partial charge is 0.326 e. The van der Waals surface area contributed by atoms with Crippen molar-refractivity contribution in [2.75, 3.05) is 39.3 Å². The Bertz CT molecular complexity index is 2330. The fourth-order valence-corrected chi connectivity index (χ4v) is 8.27. The average Bonchev–Trinajstić information content (AvgIpc) is 3.89. The Morgan fingerprint density at radius 1 is 0.613 bits per heavy atom. The van der Waals surface area contributed by atoms with E-state index in [1.54, 1.807) is 58.0 Å². The van der Waals surface area contributed by atoms with E-state index < -0.39 is 146 Å². The first-order valence-corrected chi connectivity index (χ1v) is 26.3. The van der Waals surface area contributed by atoms with Gasteiger partial charge in [0.2, 0.25) is 53.2 Å². The molecular weight excluding hydrogens is 1050 g/mol. The first-order valence-electron chi connectivity index (χ1n) is 26.3. The molecule has 1 saturated heterocycles. The van der Waals surface area contributed by atoms with Crippen LogP contribution in [-0.2, 0) is 59.2 Å². The van der Waals surface area contributed by atoms with Crippen LogP contribution in [0.4, 0.5) is 0 Å². The molecule has 0 spiro atoms. The van der Waals surface area contributed by atoms with Gasteiger partial charge in [0, 0.05) is 32.5 Å². The lowest BCUT2D eigenvalue weighted by atomic mass is 9.99. The SMILES string of the molecule is CC(C)C[C@H](NC(=O)CNC(=O)[C@@H](N)CO)C(=O)N[C@@H](CC(C)C)C(=O)N[C@@H](Cc1ccccc1)C(=O)N[C@@H](CCCN=C(N)N)C(=O)N1CCC[C@H]1C(=O)N[C@@H](CCC(=O)O)C(=O)NCC(=O)N[C@@H](CCCN=C(N)N)C(=O)O. The van der Waals surface area contributed by atoms with Gasteiger partial charge in [-0.15, -0.1) is 0 Å². The summed E-state index contributed by atoms with van der Waals surface area (Å²) in [5.41, 5.74) is 27.8. The van der Waals surface area contributed by atoms with Crippen molar-refractivity contribution in [2.24, 2.45) is 50.5 Å². The number of carbonyl (C=O) groups excluding carboxylic acids is 9. The molecule has 30 heteroatoms. The van der Waals surface area contributed by atoms with Crippen molar-refractivity contribution in [3.05, 3.63) is 35.9 Å². The highest BCUT2D eigenvalue weighted by molar-refractivity contribution is 5.98. The Kier molecular flexibility index (Phi) is 30.1. The molecule has 0 aromatic heterocycles. The predicted octanol–water partition coefficient (Wildman–Crippen LogP) is -5.17. The standard InChI is InChI=1S/C50H82N16O14/c1-27(2)21-34(61-39(69)24-58-41(72)30(51)26-67)43(74)64-35(22-28(3)4)44(75)65-36(23-29-11-6-5-7-12-29)45(76)63-32(13-8-18-56-49(52)53)47(78)66-20-10-15-37(66)46(77)62-31(16-17-40(70)71)42(73)59-25-38(68)60-33(48(79)80)14-9-19-57-50(54)55/h5-7,11-12,27-28,30-37,67H,8-10,13-26,51H2,1-4H3,(H,58,72)(H,59,73)(H,60,68)(H,61,69)(H,62,77)(H,63,76)(H,64,74)(H,65,75)(H,70,71)(H,79,80)(H4,52,53,56)(H4,54,55,57)/t30-,31-,32-,33-,34-,35-,36-,37-/m0/s1. The van der Waals surface area contributed by atoms with Gasteiger partial charge in [-0.05, 0) is 75.2 Å². The number of nitrogens with zero attached hydrogens (tertiary/aromatic N) is 3. The Labute approximate surface area is 463 Å². The number of carboxylic acid groups (broad SMARTS) is 2. The average molecular weight is 1130 g/mol. The molecule has 21 N–H and O–H groups in total. The third-order valence-corrected chi connectivity index (χ3v) is 12.3. The second kappa shape index (κ2) is 35.4. The summed E-state index contributed by atoms with van der Waals surface area (Å²) in [6.07, 6.45) is -0.431. The normalized spacial score (nSPS) is 15.5. The molecule has 1 heterocycles. The van der Waals surface area contributed by atoms with Crippen molar-refractivity contribution in [3.63, 3.8) is 0 Å². The summed E-state index contributed by atoms with van der Waals surface area (Å²) in [5.74, 6) is -10.8. The lowest BCUT2D eigenvalue weighted by Gasteiger charge is -2.31. The van der Waals surface area contributed by atoms with Gasteiger partial charge in [-0.25, -0.2) is 4.79 Å². The van der Waals surface area contributed by atoms with Gasteiger partial charge in [-0.1, -0.05) is 58.0 Å². The first-order chi connectivity index (χ1) is 37.7. The summed E-state index contributed by atoms with van der Waals surface area (Å²) in [7, 11) is 0. The lowest BCUT2D eigenvalue weighted by Crippen LogP contribution is -2.60. The van der Waals surface area contributed by atoms with Gasteiger partial charge in [0.1, 0.15) is 48.3 Å². The van der Waals surface area contributed by atoms with Crippen LogP contribution < -0.4 is 71.2 Å². The molecule has 30 nitrogen and oxygen atoms in total. The molecule has 80 heavy (non-hydrogen) atoms. The van der Waals surface area contributed by atoms with Crippen molar-refractivity contribution in [3.8, 4) is 0 Å². The van der Waals surface area contributed by atoms with Gasteiger partial charge in [0.15, 0.2) is 11.9 Å². The first kappa shape index (κ1) is 68.0. The van der Waals surface area contributed by atoms with Crippen LogP contribution in [0, 0.1) is 11.8 Å². The number of aliphatic carboxylic acids is 2. The Morgan fingerprint density at radius 3 is 1.61 bits per heavy atom. The number of carbonyl (C=O) groups is 11. The number of nitrogens with two attached hydrogens (primary N) is 5. The summed E-state index contributed by atoms with van der Waals surface area (Å²) in [5, 5.41) is 48.3. The molecule has 0 radical (unpaired) electrons. The molecule has 446 valence electrons. The summed E-state index contributed by atoms with van der Waals surface area (Å²) >= 11 is 0. The number of aliphatic hydroxyl groups excluding tert-OH is 1. The third kappa shape index (κ3) is 26.0. The quantitative estimate of drug-likeness (QED) is 0.0170. The molecule has 8 atom stereocenters. The maximum Gasteiger partial charge on any atom is 0.326 e. The van der Waals surface area contributed by atoms with Crippen LogP contribution in [0.15, 0.2) is 40.3 Å². The second-order valence-corrected chi connectivity index (χ2v) is 20.0. The number of hydrogen-bond acceptors (Lipinski definition) is 15. The number of amides is 9. The molecule has 0 unspecified atom stereocenters. The zero-order chi connectivity index (χ0) is 60.1. The number of guanidine groups is 2. The zero-order valence-electron chi connectivity index (χ0n) is 45.7. The van der Waals surface area contributed by atoms with Crippen LogP contribution in [0.25, 0.3) is 0 Å². The third-order valence-electron chi connectivity index (χ3n) is 12.3. The van der Waals surface area contributed by atoms with Crippen LogP contribution >= 0.6 is 0 Å². The summed E-state index contributed by atoms with van der Waals surface area (Å²) < 4.78 is 0. The minimum Gasteiger partial charge on any atom is -0.481 e. The van der Waals surface area contributed by atoms with Gasteiger partial charge in [-0.3, -0.25) is 57.9 Å². The maximum atomic E-state index is 14.7. The fraction of sp³-hybridized carbons (Fsp3) is 0.620. The maximum absolute atomic E-state index is 14.7. The Hall–Kier alpha value is -8.15. The lowest BCUT2D eigenvalue weighted by molar-refractivity contribution is -0.143. The number of carboxylic acids is 2. The highest BCUT2D eigenvalue weighted by Gasteiger charge is 2.40. The van der Waals surface area contributed by atoms with E-state index >= 15 is 0 Å². The van der Waals surface area contributed by atoms with Crippen molar-refractivity contribution in [1.29, 1.82) is 0 Å². The highest BCUT2D eigenvalue weighted by Crippen LogP contribution is 2.21. The van der Waals surface area contributed by atoms with E-state index in [1.807, 2.05) is 0 Å². The topological polar surface area (TPSA) is 503 Å². The number of benzene rings is 1. The molecule has 1 aromatic carbocycles. The van der Waals surface area contributed by atoms with Crippen LogP contribution in [0.1, 0.15) is 97.5 Å². The largest absolute Gasteiger partial charge is 0.481 e. The Balaban J connectivity index is 2.42. The van der Waals surface area contributed by atoms with Gasteiger partial charge >= 0.3 is 11.9 Å². The van der Waals surface area contributed by atoms with Crippen molar-refractivity contribution in [2.45, 2.75) is 147 Å². The monoisotopic (exact) mass is 1130 g/mol. The molecule has 1 aliphatic heterocycles. The van der Waals surface area contributed by atoms with Crippen molar-refractivity contribution < 1.29 is 68.1 Å². The van der Waals surface area contributed by atoms with Gasteiger partial charge in [0.05, 0.1) is 19.7 Å². The van der Waals surface area contributed by atoms with E-state index in [-0.39, 0.29) is 101 Å². The predicted molar refractivity (Wildman–Crippen MR) is 291 cm³/mol. The van der Waals surface area contributed by atoms with Crippen LogP contribution in [-0.4, -0.2) is 185 Å². The van der Waals surface area contributed by atoms with Crippen molar-refractivity contribution >= 4 is 77.0 Å². The molecule has 2 rings (SSSR count). The number of likely N-dealkylation sites (tertiary alicyclic amines) is 1. The molecule has 9 amide bonds. The minimum atomic E-state index is -1.54. The van der Waals surface area contributed by atoms with Crippen LogP contribution in [0.2, 0.25) is 0 Å². The summed E-state index contributed by atoms with van der Waals surface area (Å²) in [6.45, 7) is 5.34. The summed E-state index contributed by atoms with van der Waals surface area (Å²) in [6, 6.07) is -2.05. The summed E-state index contributed by atoms with van der Waals surface area (Å²) in [4.78, 5) is 155. The van der Waals surface area contributed by atoms with E-state index in [0.717, 1.165) is 0 Å². The molecule has 0 bridgehead atoms. The number of aliphatic hydroxyl groups is 1. The van der Waals surface area contributed by atoms with Crippen molar-refractivity contribution in [1.82, 2.24) is 47.4 Å². The fourth-order valence-electron chi connectivity index (χ4n) is 8.27.